The second kappa shape index (κ2) is 3.12. The monoisotopic (exact) mass is 213 g/mol. The van der Waals surface area contributed by atoms with E-state index in [1.807, 2.05) is 0 Å². The largest absolute Gasteiger partial charge is 0.336 e. The van der Waals surface area contributed by atoms with E-state index in [-0.39, 0.29) is 0 Å². The van der Waals surface area contributed by atoms with E-state index >= 15 is 0 Å². The first-order valence-corrected chi connectivity index (χ1v) is 5.66. The van der Waals surface area contributed by atoms with Crippen molar-refractivity contribution < 1.29 is 0 Å². The number of thiazole rings is 1. The van der Waals surface area contributed by atoms with Crippen molar-refractivity contribution in [1.29, 1.82) is 0 Å². The molecule has 2 aromatic heterocycles. The van der Waals surface area contributed by atoms with E-state index in [1.54, 1.807) is 22.7 Å². The van der Waals surface area contributed by atoms with Crippen molar-refractivity contribution in [2.45, 2.75) is 6.92 Å². The molecule has 1 N–H and O–H groups in total. The van der Waals surface area contributed by atoms with Gasteiger partial charge in [-0.2, -0.15) is 0 Å². The van der Waals surface area contributed by atoms with Crippen LogP contribution in [0.4, 0.5) is 0 Å². The van der Waals surface area contributed by atoms with Crippen LogP contribution in [0.5, 0.6) is 0 Å². The minimum absolute atomic E-state index is 0.845. The smallest absolute Gasteiger partial charge is 0.158 e. The fraction of sp³-hybridized carbons (Fsp3) is 0.125. The molecule has 4 heteroatoms. The molecule has 12 heavy (non-hydrogen) atoms. The Bertz CT molecular complexity index is 435. The average molecular weight is 213 g/mol. The number of aromatic amines is 1. The van der Waals surface area contributed by atoms with E-state index in [9.17, 15) is 0 Å². The molecule has 0 spiro atoms. The highest BCUT2D eigenvalue weighted by molar-refractivity contribution is 7.73. The van der Waals surface area contributed by atoms with Crippen molar-refractivity contribution in [2.75, 3.05) is 0 Å². The fourth-order valence-corrected chi connectivity index (χ4v) is 2.84. The van der Waals surface area contributed by atoms with Gasteiger partial charge in [-0.25, -0.2) is 0 Å². The van der Waals surface area contributed by atoms with Gasteiger partial charge in [-0.3, -0.25) is 0 Å². The van der Waals surface area contributed by atoms with Crippen LogP contribution in [-0.2, 0) is 0 Å². The number of H-pyrrole nitrogens is 1. The van der Waals surface area contributed by atoms with Gasteiger partial charge in [0.25, 0.3) is 0 Å². The summed E-state index contributed by atoms with van der Waals surface area (Å²) in [5.74, 6) is 0. The summed E-state index contributed by atoms with van der Waals surface area (Å²) in [4.78, 5) is 4.46. The van der Waals surface area contributed by atoms with Crippen LogP contribution >= 0.6 is 34.9 Å². The number of hydrogen-bond acceptors (Lipinski definition) is 3. The third kappa shape index (κ3) is 1.37. The van der Waals surface area contributed by atoms with Crippen molar-refractivity contribution in [1.82, 2.24) is 4.98 Å². The third-order valence-corrected chi connectivity index (χ3v) is 3.74. The molecular formula is C8H7NS3. The highest BCUT2D eigenvalue weighted by Crippen LogP contribution is 2.28. The molecule has 0 unspecified atom stereocenters. The summed E-state index contributed by atoms with van der Waals surface area (Å²) in [6.45, 7) is 2.11. The average Bonchev–Trinajstić information content (AvgIpc) is 2.58. The molecule has 0 saturated carbocycles. The van der Waals surface area contributed by atoms with Crippen molar-refractivity contribution in [3.8, 4) is 10.6 Å². The molecule has 0 radical (unpaired) electrons. The molecule has 0 aliphatic rings. The molecule has 0 saturated heterocycles. The molecule has 1 nitrogen and oxygen atoms in total. The third-order valence-electron chi connectivity index (χ3n) is 1.63. The summed E-state index contributed by atoms with van der Waals surface area (Å²) in [5, 5.41) is 4.17. The van der Waals surface area contributed by atoms with Crippen LogP contribution < -0.4 is 0 Å². The van der Waals surface area contributed by atoms with E-state index < -0.39 is 0 Å². The summed E-state index contributed by atoms with van der Waals surface area (Å²) >= 11 is 8.34. The van der Waals surface area contributed by atoms with Crippen molar-refractivity contribution in [2.24, 2.45) is 0 Å². The summed E-state index contributed by atoms with van der Waals surface area (Å²) in [5.41, 5.74) is 2.46. The number of aryl methyl sites for hydroxylation is 1. The van der Waals surface area contributed by atoms with Gasteiger partial charge < -0.3 is 4.98 Å². The molecule has 2 aromatic rings. The molecule has 2 heterocycles. The highest BCUT2D eigenvalue weighted by Gasteiger charge is 2.03. The van der Waals surface area contributed by atoms with Gasteiger partial charge in [0.15, 0.2) is 3.95 Å². The normalized spacial score (nSPS) is 10.4. The maximum Gasteiger partial charge on any atom is 0.158 e. The summed E-state index contributed by atoms with van der Waals surface area (Å²) in [6, 6.07) is 2.12. The lowest BCUT2D eigenvalue weighted by Gasteiger charge is -1.92. The van der Waals surface area contributed by atoms with Crippen LogP contribution in [0.3, 0.4) is 0 Å². The zero-order valence-corrected chi connectivity index (χ0v) is 8.91. The number of thiophene rings is 1. The summed E-state index contributed by atoms with van der Waals surface area (Å²) in [7, 11) is 0. The summed E-state index contributed by atoms with van der Waals surface area (Å²) < 4.78 is 0.845. The molecule has 62 valence electrons. The number of nitrogens with one attached hydrogen (secondary N) is 1. The molecule has 2 rings (SSSR count). The zero-order chi connectivity index (χ0) is 8.55. The Balaban J connectivity index is 2.57. The Hall–Kier alpha value is -0.450. The molecule has 0 fully saturated rings. The van der Waals surface area contributed by atoms with Gasteiger partial charge in [0.05, 0.1) is 10.6 Å². The molecule has 0 aliphatic heterocycles. The second-order valence-corrected chi connectivity index (χ2v) is 4.96. The molecule has 0 bridgehead atoms. The van der Waals surface area contributed by atoms with Crippen molar-refractivity contribution in [3.63, 3.8) is 0 Å². The van der Waals surface area contributed by atoms with Gasteiger partial charge in [-0.1, -0.05) is 0 Å². The van der Waals surface area contributed by atoms with Crippen LogP contribution in [0.1, 0.15) is 5.56 Å². The van der Waals surface area contributed by atoms with E-state index in [0.29, 0.717) is 0 Å². The number of hydrogen-bond donors (Lipinski definition) is 1. The zero-order valence-electron chi connectivity index (χ0n) is 6.46. The van der Waals surface area contributed by atoms with E-state index in [1.165, 1.54) is 10.4 Å². The minimum atomic E-state index is 0.845. The Kier molecular flexibility index (Phi) is 2.12. The number of rotatable bonds is 1. The van der Waals surface area contributed by atoms with Gasteiger partial charge in [0.1, 0.15) is 0 Å². The predicted molar refractivity (Wildman–Crippen MR) is 57.6 cm³/mol. The first-order chi connectivity index (χ1) is 5.77. The predicted octanol–water partition coefficient (Wildman–Crippen LogP) is 3.84. The molecule has 0 atom stereocenters. The first kappa shape index (κ1) is 8.16. The van der Waals surface area contributed by atoms with Gasteiger partial charge in [-0.15, -0.1) is 22.7 Å². The number of aromatic nitrogens is 1. The lowest BCUT2D eigenvalue weighted by Crippen LogP contribution is -1.73. The Morgan fingerprint density at radius 2 is 2.25 bits per heavy atom. The van der Waals surface area contributed by atoms with Crippen LogP contribution in [0.25, 0.3) is 10.6 Å². The van der Waals surface area contributed by atoms with Crippen molar-refractivity contribution in [3.05, 3.63) is 26.3 Å². The quantitative estimate of drug-likeness (QED) is 0.712. The van der Waals surface area contributed by atoms with Crippen molar-refractivity contribution >= 4 is 34.9 Å². The van der Waals surface area contributed by atoms with Crippen LogP contribution in [0, 0.1) is 10.9 Å². The Morgan fingerprint density at radius 1 is 1.42 bits per heavy atom. The lowest BCUT2D eigenvalue weighted by molar-refractivity contribution is 1.39. The topological polar surface area (TPSA) is 15.8 Å². The van der Waals surface area contributed by atoms with Crippen LogP contribution in [0.2, 0.25) is 0 Å². The fourth-order valence-electron chi connectivity index (χ4n) is 1.04. The lowest BCUT2D eigenvalue weighted by atomic mass is 10.2. The minimum Gasteiger partial charge on any atom is -0.336 e. The summed E-state index contributed by atoms with van der Waals surface area (Å²) in [6.07, 6.45) is 0. The maximum atomic E-state index is 5.02. The van der Waals surface area contributed by atoms with Gasteiger partial charge in [-0.05, 0) is 36.2 Å². The van der Waals surface area contributed by atoms with Gasteiger partial charge in [0, 0.05) is 5.38 Å². The first-order valence-electron chi connectivity index (χ1n) is 3.49. The Morgan fingerprint density at radius 3 is 2.75 bits per heavy atom. The van der Waals surface area contributed by atoms with Crippen LogP contribution in [0.15, 0.2) is 16.8 Å². The standard InChI is InChI=1S/C8H7NS3/c1-5-2-3-11-7(5)6-4-12-8(10)9-6/h2-4H,1H3,(H,9,10). The molecule has 0 amide bonds. The molecular weight excluding hydrogens is 206 g/mol. The maximum absolute atomic E-state index is 5.02. The van der Waals surface area contributed by atoms with Gasteiger partial charge in [0.2, 0.25) is 0 Å². The Labute approximate surface area is 83.7 Å². The highest BCUT2D eigenvalue weighted by atomic mass is 32.1. The van der Waals surface area contributed by atoms with Gasteiger partial charge >= 0.3 is 0 Å². The second-order valence-electron chi connectivity index (χ2n) is 2.49. The SMILES string of the molecule is Cc1ccsc1-c1csc(=S)[nH]1. The van der Waals surface area contributed by atoms with E-state index in [4.69, 9.17) is 12.2 Å². The van der Waals surface area contributed by atoms with E-state index in [0.717, 1.165) is 9.65 Å². The molecule has 0 aromatic carbocycles. The van der Waals surface area contributed by atoms with Crippen LogP contribution in [-0.4, -0.2) is 4.98 Å². The molecule has 0 aliphatic carbocycles. The van der Waals surface area contributed by atoms with E-state index in [2.05, 4.69) is 28.7 Å².